The third-order valence-corrected chi connectivity index (χ3v) is 4.93. The maximum Gasteiger partial charge on any atom is 0.234 e. The number of rotatable bonds is 9. The van der Waals surface area contributed by atoms with E-state index >= 15 is 0 Å². The van der Waals surface area contributed by atoms with Crippen LogP contribution in [0.2, 0.25) is 0 Å². The van der Waals surface area contributed by atoms with Gasteiger partial charge in [-0.15, -0.1) is 11.8 Å². The average molecular weight is 346 g/mol. The van der Waals surface area contributed by atoms with Crippen molar-refractivity contribution in [2.45, 2.75) is 52.2 Å². The Balaban J connectivity index is 1.74. The highest BCUT2D eigenvalue weighted by molar-refractivity contribution is 7.99. The second kappa shape index (κ2) is 9.52. The zero-order chi connectivity index (χ0) is 17.4. The lowest BCUT2D eigenvalue weighted by atomic mass is 10.1. The Kier molecular flexibility index (Phi) is 7.37. The summed E-state index contributed by atoms with van der Waals surface area (Å²) >= 11 is 1.57. The van der Waals surface area contributed by atoms with E-state index in [1.54, 1.807) is 11.8 Å². The van der Waals surface area contributed by atoms with Gasteiger partial charge in [0.25, 0.3) is 0 Å². The van der Waals surface area contributed by atoms with Gasteiger partial charge in [0, 0.05) is 17.0 Å². The van der Waals surface area contributed by atoms with Gasteiger partial charge >= 0.3 is 0 Å². The average Bonchev–Trinajstić information content (AvgIpc) is 2.88. The maximum atomic E-state index is 12.0. The van der Waals surface area contributed by atoms with E-state index in [-0.39, 0.29) is 5.91 Å². The van der Waals surface area contributed by atoms with E-state index in [1.807, 2.05) is 26.0 Å². The van der Waals surface area contributed by atoms with Crippen LogP contribution in [0.4, 0.5) is 5.69 Å². The summed E-state index contributed by atoms with van der Waals surface area (Å²) in [5.41, 5.74) is 4.18. The smallest absolute Gasteiger partial charge is 0.234 e. The van der Waals surface area contributed by atoms with Crippen LogP contribution in [0.5, 0.6) is 0 Å². The molecule has 0 radical (unpaired) electrons. The monoisotopic (exact) mass is 346 g/mol. The summed E-state index contributed by atoms with van der Waals surface area (Å²) in [4.78, 5) is 12.0. The van der Waals surface area contributed by atoms with Gasteiger partial charge in [-0.3, -0.25) is 4.79 Å². The van der Waals surface area contributed by atoms with Crippen molar-refractivity contribution in [3.8, 4) is 0 Å². The first kappa shape index (κ1) is 18.6. The van der Waals surface area contributed by atoms with Crippen LogP contribution >= 0.6 is 11.8 Å². The SMILES string of the molecule is CCCCCc1ccc(NC(=O)CSCc2c(C)noc2C)cc1. The standard InChI is InChI=1S/C19H26N2O2S/c1-4-5-6-7-16-8-10-17(11-9-16)20-19(22)13-24-12-18-14(2)21-23-15(18)3/h8-11H,4-7,12-13H2,1-3H3,(H,20,22). The highest BCUT2D eigenvalue weighted by Crippen LogP contribution is 2.20. The number of anilines is 1. The number of benzene rings is 1. The van der Waals surface area contributed by atoms with Crippen LogP contribution in [0.15, 0.2) is 28.8 Å². The number of carbonyl (C=O) groups is 1. The highest BCUT2D eigenvalue weighted by atomic mass is 32.2. The minimum absolute atomic E-state index is 0.0190. The molecule has 130 valence electrons. The van der Waals surface area contributed by atoms with Crippen molar-refractivity contribution < 1.29 is 9.32 Å². The number of aromatic nitrogens is 1. The van der Waals surface area contributed by atoms with Crippen LogP contribution < -0.4 is 5.32 Å². The summed E-state index contributed by atoms with van der Waals surface area (Å²) in [5, 5.41) is 6.87. The third-order valence-electron chi connectivity index (χ3n) is 3.97. The molecule has 2 rings (SSSR count). The number of unbranched alkanes of at least 4 members (excludes halogenated alkanes) is 2. The van der Waals surface area contributed by atoms with Crippen molar-refractivity contribution in [1.29, 1.82) is 0 Å². The van der Waals surface area contributed by atoms with Crippen molar-refractivity contribution in [1.82, 2.24) is 5.16 Å². The maximum absolute atomic E-state index is 12.0. The van der Waals surface area contributed by atoms with E-state index in [4.69, 9.17) is 4.52 Å². The Morgan fingerprint density at radius 2 is 1.96 bits per heavy atom. The van der Waals surface area contributed by atoms with Gasteiger partial charge in [-0.05, 0) is 44.4 Å². The van der Waals surface area contributed by atoms with E-state index < -0.39 is 0 Å². The molecule has 0 atom stereocenters. The third kappa shape index (κ3) is 5.71. The quantitative estimate of drug-likeness (QED) is 0.656. The summed E-state index contributed by atoms with van der Waals surface area (Å²) in [6.07, 6.45) is 4.83. The molecule has 1 N–H and O–H groups in total. The molecule has 1 heterocycles. The minimum atomic E-state index is 0.0190. The number of carbonyl (C=O) groups excluding carboxylic acids is 1. The number of nitrogens with one attached hydrogen (secondary N) is 1. The number of amides is 1. The molecule has 0 saturated heterocycles. The first-order chi connectivity index (χ1) is 11.6. The molecule has 0 aliphatic rings. The molecule has 1 amide bonds. The summed E-state index contributed by atoms with van der Waals surface area (Å²) in [5.74, 6) is 2.01. The molecule has 5 heteroatoms. The first-order valence-electron chi connectivity index (χ1n) is 8.48. The molecule has 0 bridgehead atoms. The summed E-state index contributed by atoms with van der Waals surface area (Å²) < 4.78 is 5.13. The Labute approximate surface area is 148 Å². The van der Waals surface area contributed by atoms with Gasteiger partial charge in [0.1, 0.15) is 5.76 Å². The Hall–Kier alpha value is -1.75. The lowest BCUT2D eigenvalue weighted by Crippen LogP contribution is -2.14. The van der Waals surface area contributed by atoms with Crippen LogP contribution in [-0.4, -0.2) is 16.8 Å². The lowest BCUT2D eigenvalue weighted by Gasteiger charge is -2.07. The van der Waals surface area contributed by atoms with Crippen LogP contribution in [0.3, 0.4) is 0 Å². The van der Waals surface area contributed by atoms with Crippen LogP contribution in [-0.2, 0) is 17.0 Å². The number of nitrogens with zero attached hydrogens (tertiary/aromatic N) is 1. The zero-order valence-electron chi connectivity index (χ0n) is 14.7. The normalized spacial score (nSPS) is 10.8. The predicted octanol–water partition coefficient (Wildman–Crippen LogP) is 4.90. The fraction of sp³-hybridized carbons (Fsp3) is 0.474. The Morgan fingerprint density at radius 3 is 2.58 bits per heavy atom. The number of thioether (sulfide) groups is 1. The Bertz CT molecular complexity index is 630. The molecule has 0 fully saturated rings. The fourth-order valence-electron chi connectivity index (χ4n) is 2.48. The molecule has 0 aliphatic heterocycles. The second-order valence-corrected chi connectivity index (χ2v) is 6.98. The van der Waals surface area contributed by atoms with E-state index in [9.17, 15) is 4.79 Å². The predicted molar refractivity (Wildman–Crippen MR) is 100 cm³/mol. The fourth-order valence-corrected chi connectivity index (χ4v) is 3.46. The van der Waals surface area contributed by atoms with Gasteiger partial charge < -0.3 is 9.84 Å². The summed E-state index contributed by atoms with van der Waals surface area (Å²) in [6.45, 7) is 6.04. The number of aryl methyl sites for hydroxylation is 3. The van der Waals surface area contributed by atoms with Crippen molar-refractivity contribution in [3.63, 3.8) is 0 Å². The molecule has 24 heavy (non-hydrogen) atoms. The topological polar surface area (TPSA) is 55.1 Å². The molecular formula is C19H26N2O2S. The van der Waals surface area contributed by atoms with Crippen LogP contribution in [0.1, 0.15) is 48.8 Å². The lowest BCUT2D eigenvalue weighted by molar-refractivity contribution is -0.113. The second-order valence-electron chi connectivity index (χ2n) is 6.00. The van der Waals surface area contributed by atoms with Gasteiger partial charge in [-0.1, -0.05) is 37.1 Å². The number of hydrogen-bond donors (Lipinski definition) is 1. The Morgan fingerprint density at radius 1 is 1.21 bits per heavy atom. The molecule has 1 aromatic heterocycles. The number of hydrogen-bond acceptors (Lipinski definition) is 4. The van der Waals surface area contributed by atoms with Gasteiger partial charge in [0.2, 0.25) is 5.91 Å². The first-order valence-corrected chi connectivity index (χ1v) is 9.64. The van der Waals surface area contributed by atoms with Crippen molar-refractivity contribution in [2.75, 3.05) is 11.1 Å². The van der Waals surface area contributed by atoms with E-state index in [0.29, 0.717) is 5.75 Å². The molecule has 0 spiro atoms. The minimum Gasteiger partial charge on any atom is -0.361 e. The molecular weight excluding hydrogens is 320 g/mol. The van der Waals surface area contributed by atoms with E-state index in [2.05, 4.69) is 29.5 Å². The van der Waals surface area contributed by atoms with Crippen LogP contribution in [0.25, 0.3) is 0 Å². The molecule has 0 saturated carbocycles. The highest BCUT2D eigenvalue weighted by Gasteiger charge is 2.10. The van der Waals surface area contributed by atoms with Crippen molar-refractivity contribution in [3.05, 3.63) is 46.8 Å². The van der Waals surface area contributed by atoms with E-state index in [1.165, 1.54) is 24.8 Å². The zero-order valence-corrected chi connectivity index (χ0v) is 15.5. The molecule has 0 unspecified atom stereocenters. The molecule has 4 nitrogen and oxygen atoms in total. The van der Waals surface area contributed by atoms with Gasteiger partial charge in [-0.2, -0.15) is 0 Å². The summed E-state index contributed by atoms with van der Waals surface area (Å²) in [7, 11) is 0. The van der Waals surface area contributed by atoms with Gasteiger partial charge in [0.05, 0.1) is 11.4 Å². The van der Waals surface area contributed by atoms with Gasteiger partial charge in [0.15, 0.2) is 0 Å². The molecule has 1 aromatic carbocycles. The van der Waals surface area contributed by atoms with E-state index in [0.717, 1.165) is 34.9 Å². The largest absolute Gasteiger partial charge is 0.361 e. The van der Waals surface area contributed by atoms with Crippen molar-refractivity contribution >= 4 is 23.4 Å². The van der Waals surface area contributed by atoms with Crippen molar-refractivity contribution in [2.24, 2.45) is 0 Å². The van der Waals surface area contributed by atoms with Crippen LogP contribution in [0, 0.1) is 13.8 Å². The molecule has 0 aliphatic carbocycles. The van der Waals surface area contributed by atoms with Gasteiger partial charge in [-0.25, -0.2) is 0 Å². The molecule has 2 aromatic rings. The summed E-state index contributed by atoms with van der Waals surface area (Å²) in [6, 6.07) is 8.17.